The van der Waals surface area contributed by atoms with E-state index in [1.54, 1.807) is 0 Å². The molecular formula is C7H16O2Si. The molecule has 3 heteroatoms. The maximum absolute atomic E-state index is 5.59. The van der Waals surface area contributed by atoms with E-state index in [9.17, 15) is 0 Å². The van der Waals surface area contributed by atoms with Crippen molar-refractivity contribution < 1.29 is 8.85 Å². The van der Waals surface area contributed by atoms with Crippen molar-refractivity contribution in [3.63, 3.8) is 0 Å². The van der Waals surface area contributed by atoms with Gasteiger partial charge >= 0.3 is 8.56 Å². The van der Waals surface area contributed by atoms with E-state index in [0.29, 0.717) is 0 Å². The van der Waals surface area contributed by atoms with Crippen LogP contribution in [0.15, 0.2) is 0 Å². The minimum Gasteiger partial charge on any atom is -0.395 e. The van der Waals surface area contributed by atoms with Crippen molar-refractivity contribution in [1.29, 1.82) is 0 Å². The molecule has 1 aliphatic rings. The molecular weight excluding hydrogens is 144 g/mol. The van der Waals surface area contributed by atoms with Crippen LogP contribution in [-0.2, 0) is 8.85 Å². The Bertz CT molecular complexity index is 93.8. The van der Waals surface area contributed by atoms with Gasteiger partial charge in [0, 0.05) is 13.2 Å². The fourth-order valence-electron chi connectivity index (χ4n) is 1.06. The fourth-order valence-corrected chi connectivity index (χ4v) is 2.41. The van der Waals surface area contributed by atoms with E-state index in [0.717, 1.165) is 13.2 Å². The molecule has 0 amide bonds. The Morgan fingerprint density at radius 3 is 1.90 bits per heavy atom. The third-order valence-electron chi connectivity index (χ3n) is 1.69. The van der Waals surface area contributed by atoms with Crippen molar-refractivity contribution in [2.75, 3.05) is 13.2 Å². The summed E-state index contributed by atoms with van der Waals surface area (Å²) in [5.74, 6) is 0. The number of hydrogen-bond acceptors (Lipinski definition) is 2. The molecule has 60 valence electrons. The summed E-state index contributed by atoms with van der Waals surface area (Å²) >= 11 is 0. The van der Waals surface area contributed by atoms with E-state index < -0.39 is 8.56 Å². The number of rotatable bonds is 0. The van der Waals surface area contributed by atoms with E-state index in [1.807, 2.05) is 0 Å². The molecule has 1 rings (SSSR count). The van der Waals surface area contributed by atoms with Crippen LogP contribution in [0.4, 0.5) is 0 Å². The van der Waals surface area contributed by atoms with Gasteiger partial charge in [-0.15, -0.1) is 0 Å². The van der Waals surface area contributed by atoms with Crippen LogP contribution in [0.1, 0.15) is 19.3 Å². The Morgan fingerprint density at radius 2 is 1.40 bits per heavy atom. The predicted octanol–water partition coefficient (Wildman–Crippen LogP) is 1.91. The van der Waals surface area contributed by atoms with Gasteiger partial charge in [0.15, 0.2) is 0 Å². The third kappa shape index (κ3) is 2.81. The molecule has 0 atom stereocenters. The van der Waals surface area contributed by atoms with Crippen molar-refractivity contribution in [2.45, 2.75) is 32.4 Å². The molecule has 0 aliphatic carbocycles. The SMILES string of the molecule is C[Si]1(C)OCCCCCO1. The smallest absolute Gasteiger partial charge is 0.331 e. The second kappa shape index (κ2) is 3.51. The van der Waals surface area contributed by atoms with Crippen molar-refractivity contribution in [3.05, 3.63) is 0 Å². The van der Waals surface area contributed by atoms with Crippen LogP contribution >= 0.6 is 0 Å². The third-order valence-corrected chi connectivity index (χ3v) is 3.49. The summed E-state index contributed by atoms with van der Waals surface area (Å²) in [6.07, 6.45) is 3.67. The highest BCUT2D eigenvalue weighted by Gasteiger charge is 2.24. The first-order valence-corrected chi connectivity index (χ1v) is 6.80. The van der Waals surface area contributed by atoms with Gasteiger partial charge in [0.25, 0.3) is 0 Å². The monoisotopic (exact) mass is 160 g/mol. The van der Waals surface area contributed by atoms with E-state index in [-0.39, 0.29) is 0 Å². The van der Waals surface area contributed by atoms with Gasteiger partial charge in [0.2, 0.25) is 0 Å². The first kappa shape index (κ1) is 8.24. The van der Waals surface area contributed by atoms with Gasteiger partial charge in [0.05, 0.1) is 0 Å². The zero-order valence-electron chi connectivity index (χ0n) is 6.85. The largest absolute Gasteiger partial charge is 0.395 e. The summed E-state index contributed by atoms with van der Waals surface area (Å²) in [4.78, 5) is 0. The maximum Gasteiger partial charge on any atom is 0.331 e. The highest BCUT2D eigenvalue weighted by molar-refractivity contribution is 6.64. The van der Waals surface area contributed by atoms with Crippen molar-refractivity contribution in [3.8, 4) is 0 Å². The van der Waals surface area contributed by atoms with Crippen LogP contribution in [-0.4, -0.2) is 21.8 Å². The molecule has 0 N–H and O–H groups in total. The highest BCUT2D eigenvalue weighted by Crippen LogP contribution is 2.12. The molecule has 2 nitrogen and oxygen atoms in total. The average Bonchev–Trinajstić information content (AvgIpc) is 1.81. The second-order valence-electron chi connectivity index (χ2n) is 3.16. The predicted molar refractivity (Wildman–Crippen MR) is 43.2 cm³/mol. The Labute approximate surface area is 63.8 Å². The van der Waals surface area contributed by atoms with Gasteiger partial charge in [-0.05, 0) is 32.4 Å². The maximum atomic E-state index is 5.59. The molecule has 1 heterocycles. The van der Waals surface area contributed by atoms with Crippen LogP contribution in [0.2, 0.25) is 13.1 Å². The summed E-state index contributed by atoms with van der Waals surface area (Å²) in [7, 11) is -1.67. The van der Waals surface area contributed by atoms with Gasteiger partial charge in [-0.1, -0.05) is 0 Å². The van der Waals surface area contributed by atoms with E-state index in [2.05, 4.69) is 13.1 Å². The summed E-state index contributed by atoms with van der Waals surface area (Å²) < 4.78 is 11.2. The minimum atomic E-state index is -1.67. The van der Waals surface area contributed by atoms with E-state index in [4.69, 9.17) is 8.85 Å². The zero-order valence-corrected chi connectivity index (χ0v) is 7.85. The molecule has 0 aromatic carbocycles. The topological polar surface area (TPSA) is 18.5 Å². The van der Waals surface area contributed by atoms with Crippen LogP contribution in [0, 0.1) is 0 Å². The normalized spacial score (nSPS) is 27.0. The van der Waals surface area contributed by atoms with Crippen LogP contribution in [0.25, 0.3) is 0 Å². The molecule has 1 aliphatic heterocycles. The van der Waals surface area contributed by atoms with Crippen molar-refractivity contribution >= 4 is 8.56 Å². The molecule has 1 saturated heterocycles. The van der Waals surface area contributed by atoms with E-state index in [1.165, 1.54) is 19.3 Å². The molecule has 0 spiro atoms. The first-order chi connectivity index (χ1) is 4.71. The minimum absolute atomic E-state index is 0.902. The summed E-state index contributed by atoms with van der Waals surface area (Å²) in [6.45, 7) is 6.02. The van der Waals surface area contributed by atoms with Crippen LogP contribution in [0.3, 0.4) is 0 Å². The van der Waals surface area contributed by atoms with Crippen LogP contribution < -0.4 is 0 Å². The molecule has 1 fully saturated rings. The molecule has 0 aromatic heterocycles. The fraction of sp³-hybridized carbons (Fsp3) is 1.00. The van der Waals surface area contributed by atoms with Gasteiger partial charge in [0.1, 0.15) is 0 Å². The molecule has 0 aromatic rings. The van der Waals surface area contributed by atoms with Gasteiger partial charge < -0.3 is 8.85 Å². The molecule has 0 unspecified atom stereocenters. The molecule has 10 heavy (non-hydrogen) atoms. The lowest BCUT2D eigenvalue weighted by atomic mass is 10.2. The van der Waals surface area contributed by atoms with E-state index >= 15 is 0 Å². The lowest BCUT2D eigenvalue weighted by Crippen LogP contribution is -2.36. The Morgan fingerprint density at radius 1 is 0.900 bits per heavy atom. The molecule has 0 bridgehead atoms. The second-order valence-corrected chi connectivity index (χ2v) is 6.53. The lowest BCUT2D eigenvalue weighted by molar-refractivity contribution is 0.154. The van der Waals surface area contributed by atoms with Gasteiger partial charge in [-0.25, -0.2) is 0 Å². The quantitative estimate of drug-likeness (QED) is 0.504. The first-order valence-electron chi connectivity index (χ1n) is 3.99. The Kier molecular flexibility index (Phi) is 2.89. The average molecular weight is 160 g/mol. The zero-order chi connectivity index (χ0) is 7.45. The lowest BCUT2D eigenvalue weighted by Gasteiger charge is -2.24. The van der Waals surface area contributed by atoms with Gasteiger partial charge in [-0.2, -0.15) is 0 Å². The van der Waals surface area contributed by atoms with Crippen molar-refractivity contribution in [2.24, 2.45) is 0 Å². The summed E-state index contributed by atoms with van der Waals surface area (Å²) in [5.41, 5.74) is 0. The summed E-state index contributed by atoms with van der Waals surface area (Å²) in [5, 5.41) is 0. The standard InChI is InChI=1S/C7H16O2Si/c1-10(2)8-6-4-3-5-7-9-10/h3-7H2,1-2H3. The van der Waals surface area contributed by atoms with Gasteiger partial charge in [-0.3, -0.25) is 0 Å². The van der Waals surface area contributed by atoms with Crippen molar-refractivity contribution in [1.82, 2.24) is 0 Å². The summed E-state index contributed by atoms with van der Waals surface area (Å²) in [6, 6.07) is 0. The highest BCUT2D eigenvalue weighted by atomic mass is 28.4. The number of hydrogen-bond donors (Lipinski definition) is 0. The Hall–Kier alpha value is 0.137. The molecule has 0 saturated carbocycles. The van der Waals surface area contributed by atoms with Crippen LogP contribution in [0.5, 0.6) is 0 Å². The Balaban J connectivity index is 2.30. The molecule has 0 radical (unpaired) electrons.